The molecule has 0 radical (unpaired) electrons. The van der Waals surface area contributed by atoms with Crippen LogP contribution in [-0.4, -0.2) is 24.1 Å². The topological polar surface area (TPSA) is 57.6 Å². The second-order valence-electron chi connectivity index (χ2n) is 5.46. The third-order valence-corrected chi connectivity index (χ3v) is 4.08. The van der Waals surface area contributed by atoms with E-state index in [0.29, 0.717) is 6.54 Å². The SMILES string of the molecule is Cn1c(=O)n(C)c2cc3c(cc21)nnn3Cc1ccccc1. The third kappa shape index (κ3) is 1.77. The van der Waals surface area contributed by atoms with Crippen LogP contribution in [0.5, 0.6) is 0 Å². The van der Waals surface area contributed by atoms with Crippen molar-refractivity contribution in [2.75, 3.05) is 0 Å². The lowest BCUT2D eigenvalue weighted by molar-refractivity contribution is 0.670. The van der Waals surface area contributed by atoms with E-state index < -0.39 is 0 Å². The van der Waals surface area contributed by atoms with E-state index in [9.17, 15) is 4.79 Å². The van der Waals surface area contributed by atoms with Crippen LogP contribution in [0.2, 0.25) is 0 Å². The number of hydrogen-bond donors (Lipinski definition) is 0. The predicted octanol–water partition coefficient (Wildman–Crippen LogP) is 1.67. The summed E-state index contributed by atoms with van der Waals surface area (Å²) >= 11 is 0. The molecule has 4 aromatic rings. The van der Waals surface area contributed by atoms with Crippen LogP contribution in [-0.2, 0) is 20.6 Å². The molecule has 0 amide bonds. The quantitative estimate of drug-likeness (QED) is 0.565. The Balaban J connectivity index is 1.93. The van der Waals surface area contributed by atoms with Crippen LogP contribution >= 0.6 is 0 Å². The molecule has 2 heterocycles. The van der Waals surface area contributed by atoms with Gasteiger partial charge in [0.05, 0.1) is 23.1 Å². The van der Waals surface area contributed by atoms with Gasteiger partial charge in [0.15, 0.2) is 0 Å². The van der Waals surface area contributed by atoms with E-state index in [1.54, 1.807) is 23.2 Å². The maximum absolute atomic E-state index is 12.0. The molecule has 6 heteroatoms. The van der Waals surface area contributed by atoms with Crippen molar-refractivity contribution >= 4 is 22.1 Å². The Morgan fingerprint density at radius 1 is 0.955 bits per heavy atom. The molecule has 0 saturated carbocycles. The van der Waals surface area contributed by atoms with Gasteiger partial charge in [-0.3, -0.25) is 9.13 Å². The fourth-order valence-electron chi connectivity index (χ4n) is 2.83. The maximum atomic E-state index is 12.0. The van der Waals surface area contributed by atoms with E-state index in [0.717, 1.165) is 27.6 Å². The minimum absolute atomic E-state index is 0.0368. The van der Waals surface area contributed by atoms with Gasteiger partial charge in [0.2, 0.25) is 0 Å². The summed E-state index contributed by atoms with van der Waals surface area (Å²) in [5, 5.41) is 8.48. The number of imidazole rings is 1. The van der Waals surface area contributed by atoms with Crippen LogP contribution in [0.25, 0.3) is 22.1 Å². The highest BCUT2D eigenvalue weighted by Crippen LogP contribution is 2.20. The van der Waals surface area contributed by atoms with E-state index in [1.807, 2.05) is 35.0 Å². The first-order valence-electron chi connectivity index (χ1n) is 7.08. The van der Waals surface area contributed by atoms with Gasteiger partial charge in [-0.15, -0.1) is 5.10 Å². The third-order valence-electron chi connectivity index (χ3n) is 4.08. The largest absolute Gasteiger partial charge is 0.328 e. The molecule has 0 unspecified atom stereocenters. The van der Waals surface area contributed by atoms with Crippen molar-refractivity contribution in [3.8, 4) is 0 Å². The zero-order valence-electron chi connectivity index (χ0n) is 12.4. The maximum Gasteiger partial charge on any atom is 0.328 e. The Morgan fingerprint density at radius 3 is 2.36 bits per heavy atom. The van der Waals surface area contributed by atoms with Gasteiger partial charge in [-0.05, 0) is 17.7 Å². The molecule has 22 heavy (non-hydrogen) atoms. The van der Waals surface area contributed by atoms with Crippen molar-refractivity contribution in [1.29, 1.82) is 0 Å². The highest BCUT2D eigenvalue weighted by molar-refractivity contribution is 5.91. The lowest BCUT2D eigenvalue weighted by Crippen LogP contribution is -2.19. The van der Waals surface area contributed by atoms with Crippen molar-refractivity contribution in [3.63, 3.8) is 0 Å². The van der Waals surface area contributed by atoms with Gasteiger partial charge in [-0.2, -0.15) is 0 Å². The first-order chi connectivity index (χ1) is 10.6. The molecule has 0 aliphatic rings. The van der Waals surface area contributed by atoms with Gasteiger partial charge >= 0.3 is 5.69 Å². The van der Waals surface area contributed by atoms with Crippen molar-refractivity contribution in [2.45, 2.75) is 6.54 Å². The van der Waals surface area contributed by atoms with Gasteiger partial charge < -0.3 is 0 Å². The summed E-state index contributed by atoms with van der Waals surface area (Å²) < 4.78 is 5.14. The fraction of sp³-hybridized carbons (Fsp3) is 0.188. The molecule has 0 aliphatic carbocycles. The number of benzene rings is 2. The van der Waals surface area contributed by atoms with Crippen LogP contribution in [0.3, 0.4) is 0 Å². The average molecular weight is 293 g/mol. The van der Waals surface area contributed by atoms with Crippen LogP contribution in [0.4, 0.5) is 0 Å². The summed E-state index contributed by atoms with van der Waals surface area (Å²) in [6, 6.07) is 14.0. The molecule has 0 atom stereocenters. The minimum Gasteiger partial charge on any atom is -0.295 e. The Hall–Kier alpha value is -2.89. The smallest absolute Gasteiger partial charge is 0.295 e. The van der Waals surface area contributed by atoms with E-state index >= 15 is 0 Å². The highest BCUT2D eigenvalue weighted by atomic mass is 16.1. The molecule has 110 valence electrons. The molecule has 6 nitrogen and oxygen atoms in total. The Labute approximate surface area is 126 Å². The molecule has 0 spiro atoms. The highest BCUT2D eigenvalue weighted by Gasteiger charge is 2.12. The van der Waals surface area contributed by atoms with E-state index in [2.05, 4.69) is 22.4 Å². The number of aromatic nitrogens is 5. The molecular formula is C16H15N5O. The average Bonchev–Trinajstić information content (AvgIpc) is 3.02. The van der Waals surface area contributed by atoms with E-state index in [1.165, 1.54) is 0 Å². The monoisotopic (exact) mass is 293 g/mol. The Morgan fingerprint density at radius 2 is 1.64 bits per heavy atom. The normalized spacial score (nSPS) is 11.5. The Kier molecular flexibility index (Phi) is 2.66. The summed E-state index contributed by atoms with van der Waals surface area (Å²) in [4.78, 5) is 12.0. The molecule has 2 aromatic heterocycles. The lowest BCUT2D eigenvalue weighted by Gasteiger charge is -2.03. The first-order valence-corrected chi connectivity index (χ1v) is 7.08. The summed E-state index contributed by atoms with van der Waals surface area (Å²) in [5.74, 6) is 0. The number of rotatable bonds is 2. The fourth-order valence-corrected chi connectivity index (χ4v) is 2.83. The van der Waals surface area contributed by atoms with Gasteiger partial charge in [0.25, 0.3) is 0 Å². The first kappa shape index (κ1) is 12.8. The summed E-state index contributed by atoms with van der Waals surface area (Å²) in [5.41, 5.74) is 4.60. The number of hydrogen-bond acceptors (Lipinski definition) is 3. The van der Waals surface area contributed by atoms with Gasteiger partial charge in [0, 0.05) is 14.1 Å². The summed E-state index contributed by atoms with van der Waals surface area (Å²) in [6.07, 6.45) is 0. The number of fused-ring (bicyclic) bond motifs is 2. The molecular weight excluding hydrogens is 278 g/mol. The minimum atomic E-state index is -0.0368. The second-order valence-corrected chi connectivity index (χ2v) is 5.46. The Bertz CT molecular complexity index is 1040. The van der Waals surface area contributed by atoms with Crippen molar-refractivity contribution in [1.82, 2.24) is 24.1 Å². The second kappa shape index (κ2) is 4.56. The lowest BCUT2D eigenvalue weighted by atomic mass is 10.2. The van der Waals surface area contributed by atoms with E-state index in [-0.39, 0.29) is 5.69 Å². The van der Waals surface area contributed by atoms with Crippen LogP contribution in [0.1, 0.15) is 5.56 Å². The molecule has 4 rings (SSSR count). The van der Waals surface area contributed by atoms with Crippen molar-refractivity contribution in [2.24, 2.45) is 14.1 Å². The molecule has 0 fully saturated rings. The molecule has 0 N–H and O–H groups in total. The number of nitrogens with zero attached hydrogens (tertiary/aromatic N) is 5. The van der Waals surface area contributed by atoms with Crippen LogP contribution in [0.15, 0.2) is 47.3 Å². The molecule has 0 saturated heterocycles. The van der Waals surface area contributed by atoms with Crippen molar-refractivity contribution in [3.05, 3.63) is 58.5 Å². The molecule has 0 aliphatic heterocycles. The summed E-state index contributed by atoms with van der Waals surface area (Å²) in [7, 11) is 3.55. The van der Waals surface area contributed by atoms with Gasteiger partial charge in [0.1, 0.15) is 5.52 Å². The zero-order chi connectivity index (χ0) is 15.3. The van der Waals surface area contributed by atoms with Crippen molar-refractivity contribution < 1.29 is 0 Å². The van der Waals surface area contributed by atoms with Gasteiger partial charge in [-0.25, -0.2) is 9.48 Å². The van der Waals surface area contributed by atoms with Gasteiger partial charge in [-0.1, -0.05) is 35.5 Å². The number of aryl methyl sites for hydroxylation is 2. The molecule has 2 aromatic carbocycles. The predicted molar refractivity (Wildman–Crippen MR) is 84.8 cm³/mol. The summed E-state index contributed by atoms with van der Waals surface area (Å²) in [6.45, 7) is 0.656. The van der Waals surface area contributed by atoms with Crippen LogP contribution in [0, 0.1) is 0 Å². The van der Waals surface area contributed by atoms with Crippen LogP contribution < -0.4 is 5.69 Å². The molecule has 0 bridgehead atoms. The zero-order valence-corrected chi connectivity index (χ0v) is 12.4. The standard InChI is InChI=1S/C16H15N5O/c1-19-14-8-12-13(9-15(14)20(2)16(19)22)21(18-17-12)10-11-6-4-3-5-7-11/h3-9H,10H2,1-2H3. The van der Waals surface area contributed by atoms with E-state index in [4.69, 9.17) is 0 Å².